The number of aromatic nitrogens is 2. The van der Waals surface area contributed by atoms with Gasteiger partial charge in [-0.1, -0.05) is 23.2 Å². The van der Waals surface area contributed by atoms with Gasteiger partial charge in [0.05, 0.1) is 10.7 Å². The van der Waals surface area contributed by atoms with Gasteiger partial charge in [0.25, 0.3) is 10.0 Å². The Hall–Kier alpha value is -0.890. The Labute approximate surface area is 134 Å². The molecular formula is C11H8BrCl2N3O2S. The van der Waals surface area contributed by atoms with Crippen LogP contribution in [-0.2, 0) is 10.0 Å². The quantitative estimate of drug-likeness (QED) is 0.803. The summed E-state index contributed by atoms with van der Waals surface area (Å²) in [6, 6.07) is 4.47. The molecule has 0 aromatic carbocycles. The molecule has 0 radical (unpaired) electrons. The van der Waals surface area contributed by atoms with Crippen LogP contribution in [0, 0.1) is 6.92 Å². The average molecular weight is 397 g/mol. The van der Waals surface area contributed by atoms with E-state index < -0.39 is 10.0 Å². The molecule has 106 valence electrons. The largest absolute Gasteiger partial charge is 0.264 e. The summed E-state index contributed by atoms with van der Waals surface area (Å²) in [5, 5.41) is 0.109. The molecule has 0 spiro atoms. The number of pyridine rings is 2. The van der Waals surface area contributed by atoms with Crippen molar-refractivity contribution >= 4 is 55.0 Å². The number of hydrogen-bond acceptors (Lipinski definition) is 4. The number of anilines is 1. The minimum absolute atomic E-state index is 0.0447. The standard InChI is InChI=1S/C11H8BrCl2N3O2S/c1-6-8(12)2-3-10(16-6)17-20(18,19)7-4-9(13)11(14)15-5-7/h2-5H,1H3,(H,16,17). The summed E-state index contributed by atoms with van der Waals surface area (Å²) < 4.78 is 27.4. The van der Waals surface area contributed by atoms with Crippen molar-refractivity contribution in [2.75, 3.05) is 4.72 Å². The lowest BCUT2D eigenvalue weighted by atomic mass is 10.4. The molecule has 0 saturated carbocycles. The molecule has 0 aliphatic heterocycles. The van der Waals surface area contributed by atoms with Crippen LogP contribution in [0.15, 0.2) is 33.8 Å². The van der Waals surface area contributed by atoms with Gasteiger partial charge in [0.1, 0.15) is 15.9 Å². The topological polar surface area (TPSA) is 72.0 Å². The second kappa shape index (κ2) is 5.85. The monoisotopic (exact) mass is 395 g/mol. The zero-order valence-electron chi connectivity index (χ0n) is 10.1. The van der Waals surface area contributed by atoms with Crippen molar-refractivity contribution in [3.8, 4) is 0 Å². The molecule has 5 nitrogen and oxygen atoms in total. The van der Waals surface area contributed by atoms with Crippen LogP contribution in [0.1, 0.15) is 5.69 Å². The molecule has 0 aliphatic carbocycles. The van der Waals surface area contributed by atoms with E-state index in [1.165, 1.54) is 6.07 Å². The van der Waals surface area contributed by atoms with Crippen LogP contribution in [0.2, 0.25) is 10.2 Å². The Morgan fingerprint density at radius 1 is 1.30 bits per heavy atom. The number of rotatable bonds is 3. The lowest BCUT2D eigenvalue weighted by molar-refractivity contribution is 0.600. The van der Waals surface area contributed by atoms with Crippen LogP contribution in [0.5, 0.6) is 0 Å². The van der Waals surface area contributed by atoms with Gasteiger partial charge < -0.3 is 0 Å². The van der Waals surface area contributed by atoms with E-state index in [0.29, 0.717) is 5.69 Å². The second-order valence-corrected chi connectivity index (χ2v) is 7.11. The smallest absolute Gasteiger partial charge is 0.263 e. The zero-order valence-corrected chi connectivity index (χ0v) is 14.0. The van der Waals surface area contributed by atoms with E-state index in [2.05, 4.69) is 30.6 Å². The lowest BCUT2D eigenvalue weighted by Gasteiger charge is -2.08. The van der Waals surface area contributed by atoms with Gasteiger partial charge in [0.15, 0.2) is 0 Å². The van der Waals surface area contributed by atoms with Gasteiger partial charge >= 0.3 is 0 Å². The Kier molecular flexibility index (Phi) is 4.53. The first-order chi connectivity index (χ1) is 9.29. The first-order valence-electron chi connectivity index (χ1n) is 5.26. The Morgan fingerprint density at radius 3 is 2.60 bits per heavy atom. The van der Waals surface area contributed by atoms with Crippen LogP contribution >= 0.6 is 39.1 Å². The Bertz CT molecular complexity index is 768. The highest BCUT2D eigenvalue weighted by atomic mass is 79.9. The van der Waals surface area contributed by atoms with Gasteiger partial charge in [-0.15, -0.1) is 0 Å². The predicted octanol–water partition coefficient (Wildman–Crippen LogP) is 3.66. The van der Waals surface area contributed by atoms with E-state index in [1.807, 2.05) is 0 Å². The molecule has 9 heteroatoms. The molecule has 2 rings (SSSR count). The maximum atomic E-state index is 12.2. The van der Waals surface area contributed by atoms with Crippen molar-refractivity contribution in [1.29, 1.82) is 0 Å². The van der Waals surface area contributed by atoms with Gasteiger partial charge in [-0.2, -0.15) is 0 Å². The molecule has 0 bridgehead atoms. The van der Waals surface area contributed by atoms with Crippen LogP contribution in [0.25, 0.3) is 0 Å². The summed E-state index contributed by atoms with van der Waals surface area (Å²) in [6.07, 6.45) is 1.13. The van der Waals surface area contributed by atoms with Gasteiger partial charge in [-0.3, -0.25) is 4.72 Å². The SMILES string of the molecule is Cc1nc(NS(=O)(=O)c2cnc(Cl)c(Cl)c2)ccc1Br. The number of nitrogens with zero attached hydrogens (tertiary/aromatic N) is 2. The number of sulfonamides is 1. The average Bonchev–Trinajstić information content (AvgIpc) is 2.37. The molecule has 1 N–H and O–H groups in total. The summed E-state index contributed by atoms with van der Waals surface area (Å²) in [4.78, 5) is 7.72. The van der Waals surface area contributed by atoms with Gasteiger partial charge in [0, 0.05) is 10.7 Å². The van der Waals surface area contributed by atoms with Gasteiger partial charge in [-0.05, 0) is 41.1 Å². The number of aryl methyl sites for hydroxylation is 1. The van der Waals surface area contributed by atoms with E-state index in [4.69, 9.17) is 23.2 Å². The van der Waals surface area contributed by atoms with E-state index in [-0.39, 0.29) is 20.9 Å². The van der Waals surface area contributed by atoms with Gasteiger partial charge in [0.2, 0.25) is 0 Å². The maximum Gasteiger partial charge on any atom is 0.264 e. The Balaban J connectivity index is 2.35. The summed E-state index contributed by atoms with van der Waals surface area (Å²) in [5.74, 6) is 0.205. The molecule has 0 saturated heterocycles. The minimum atomic E-state index is -3.82. The summed E-state index contributed by atoms with van der Waals surface area (Å²) >= 11 is 14.7. The number of halogens is 3. The fourth-order valence-corrected chi connectivity index (χ4v) is 2.87. The molecule has 0 fully saturated rings. The fourth-order valence-electron chi connectivity index (χ4n) is 1.35. The third-order valence-electron chi connectivity index (χ3n) is 2.34. The van der Waals surface area contributed by atoms with Gasteiger partial charge in [-0.25, -0.2) is 18.4 Å². The van der Waals surface area contributed by atoms with Crippen molar-refractivity contribution in [2.45, 2.75) is 11.8 Å². The van der Waals surface area contributed by atoms with Crippen molar-refractivity contribution in [3.63, 3.8) is 0 Å². The number of hydrogen-bond donors (Lipinski definition) is 1. The highest BCUT2D eigenvalue weighted by molar-refractivity contribution is 9.10. The molecule has 0 atom stereocenters. The minimum Gasteiger partial charge on any atom is -0.263 e. The normalized spacial score (nSPS) is 11.4. The third kappa shape index (κ3) is 3.41. The van der Waals surface area contributed by atoms with Crippen molar-refractivity contribution in [1.82, 2.24) is 9.97 Å². The zero-order chi connectivity index (χ0) is 14.9. The predicted molar refractivity (Wildman–Crippen MR) is 81.7 cm³/mol. The first-order valence-corrected chi connectivity index (χ1v) is 8.30. The molecule has 2 heterocycles. The third-order valence-corrected chi connectivity index (χ3v) is 5.19. The molecule has 2 aromatic heterocycles. The second-order valence-electron chi connectivity index (χ2n) is 3.81. The van der Waals surface area contributed by atoms with Crippen molar-refractivity contribution in [3.05, 3.63) is 44.7 Å². The molecule has 0 aliphatic rings. The van der Waals surface area contributed by atoms with E-state index >= 15 is 0 Å². The Morgan fingerprint density at radius 2 is 2.00 bits per heavy atom. The lowest BCUT2D eigenvalue weighted by Crippen LogP contribution is -2.14. The van der Waals surface area contributed by atoms with Crippen LogP contribution in [0.4, 0.5) is 5.82 Å². The number of nitrogens with one attached hydrogen (secondary N) is 1. The fraction of sp³-hybridized carbons (Fsp3) is 0.0909. The molecular weight excluding hydrogens is 389 g/mol. The highest BCUT2D eigenvalue weighted by Gasteiger charge is 2.17. The van der Waals surface area contributed by atoms with Crippen molar-refractivity contribution < 1.29 is 8.42 Å². The summed E-state index contributed by atoms with van der Waals surface area (Å²) in [7, 11) is -3.82. The molecule has 0 amide bonds. The van der Waals surface area contributed by atoms with E-state index in [1.54, 1.807) is 19.1 Å². The maximum absolute atomic E-state index is 12.2. The van der Waals surface area contributed by atoms with Crippen LogP contribution in [0.3, 0.4) is 0 Å². The van der Waals surface area contributed by atoms with Crippen molar-refractivity contribution in [2.24, 2.45) is 0 Å². The van der Waals surface area contributed by atoms with E-state index in [9.17, 15) is 8.42 Å². The molecule has 2 aromatic rings. The summed E-state index contributed by atoms with van der Waals surface area (Å²) in [5.41, 5.74) is 0.664. The summed E-state index contributed by atoms with van der Waals surface area (Å²) in [6.45, 7) is 1.75. The molecule has 0 unspecified atom stereocenters. The molecule has 20 heavy (non-hydrogen) atoms. The highest BCUT2D eigenvalue weighted by Crippen LogP contribution is 2.24. The van der Waals surface area contributed by atoms with Crippen LogP contribution < -0.4 is 4.72 Å². The van der Waals surface area contributed by atoms with Crippen LogP contribution in [-0.4, -0.2) is 18.4 Å². The van der Waals surface area contributed by atoms with E-state index in [0.717, 1.165) is 10.7 Å². The first kappa shape index (κ1) is 15.5.